The Morgan fingerprint density at radius 3 is 2.00 bits per heavy atom. The van der Waals surface area contributed by atoms with E-state index in [0.717, 1.165) is 55.0 Å². The Morgan fingerprint density at radius 1 is 0.750 bits per heavy atom. The molecule has 0 aliphatic heterocycles. The van der Waals surface area contributed by atoms with E-state index in [1.807, 2.05) is 37.4 Å². The quantitative estimate of drug-likeness (QED) is 0.0967. The van der Waals surface area contributed by atoms with Crippen molar-refractivity contribution < 1.29 is 27.0 Å². The molecular formula is C31H40F4N2O2Si. The standard InChI is InChI=1S/C31H40F4N2O2Si/c1-4-5-6-7-17-39-27-14-15-28(29(32)21-27)30-36-22-25(23-37-30)24-10-12-26(13-11-24)38-18-8-9-19-40(2,3)20-16-31(33,34)35/h10-15,21-23H,4-9,16-20H2,1-3H3. The maximum atomic E-state index is 14.7. The number of unbranched alkanes of at least 4 members (excludes halogenated alkanes) is 4. The lowest BCUT2D eigenvalue weighted by molar-refractivity contribution is -0.130. The van der Waals surface area contributed by atoms with Crippen molar-refractivity contribution in [3.8, 4) is 34.0 Å². The third kappa shape index (κ3) is 10.9. The van der Waals surface area contributed by atoms with Crippen molar-refractivity contribution in [2.75, 3.05) is 13.2 Å². The lowest BCUT2D eigenvalue weighted by Gasteiger charge is -2.23. The van der Waals surface area contributed by atoms with Gasteiger partial charge in [0.15, 0.2) is 5.82 Å². The highest BCUT2D eigenvalue weighted by atomic mass is 28.3. The first-order valence-electron chi connectivity index (χ1n) is 14.1. The fourth-order valence-electron chi connectivity index (χ4n) is 4.35. The summed E-state index contributed by atoms with van der Waals surface area (Å²) in [6.45, 7) is 7.29. The van der Waals surface area contributed by atoms with Crippen LogP contribution in [-0.2, 0) is 0 Å². The van der Waals surface area contributed by atoms with Crippen LogP contribution < -0.4 is 9.47 Å². The van der Waals surface area contributed by atoms with Crippen LogP contribution in [0.3, 0.4) is 0 Å². The van der Waals surface area contributed by atoms with Gasteiger partial charge in [-0.05, 0) is 48.7 Å². The van der Waals surface area contributed by atoms with Crippen LogP contribution in [0.15, 0.2) is 54.9 Å². The van der Waals surface area contributed by atoms with Crippen LogP contribution in [-0.4, -0.2) is 37.4 Å². The van der Waals surface area contributed by atoms with E-state index in [1.165, 1.54) is 12.5 Å². The van der Waals surface area contributed by atoms with Crippen molar-refractivity contribution in [2.45, 2.75) is 83.2 Å². The normalized spacial score (nSPS) is 12.0. The third-order valence-corrected chi connectivity index (χ3v) is 10.2. The Bertz CT molecular complexity index is 1170. The van der Waals surface area contributed by atoms with Crippen LogP contribution in [0.4, 0.5) is 17.6 Å². The zero-order chi connectivity index (χ0) is 29.0. The molecule has 3 rings (SSSR count). The highest BCUT2D eigenvalue weighted by Gasteiger charge is 2.31. The maximum absolute atomic E-state index is 14.7. The number of alkyl halides is 3. The Morgan fingerprint density at radius 2 is 1.38 bits per heavy atom. The van der Waals surface area contributed by atoms with Crippen molar-refractivity contribution >= 4 is 8.07 Å². The Kier molecular flexibility index (Phi) is 12.0. The number of hydrogen-bond acceptors (Lipinski definition) is 4. The zero-order valence-corrected chi connectivity index (χ0v) is 24.7. The number of aromatic nitrogens is 2. The molecule has 0 saturated carbocycles. The molecule has 0 radical (unpaired) electrons. The number of hydrogen-bond donors (Lipinski definition) is 0. The summed E-state index contributed by atoms with van der Waals surface area (Å²) in [4.78, 5) is 8.74. The number of ether oxygens (including phenoxy) is 2. The first-order chi connectivity index (χ1) is 19.1. The average molecular weight is 577 g/mol. The lowest BCUT2D eigenvalue weighted by atomic mass is 10.1. The molecule has 0 N–H and O–H groups in total. The molecule has 218 valence electrons. The maximum Gasteiger partial charge on any atom is 0.388 e. The molecule has 0 saturated heterocycles. The van der Waals surface area contributed by atoms with Gasteiger partial charge >= 0.3 is 6.18 Å². The van der Waals surface area contributed by atoms with E-state index in [2.05, 4.69) is 16.9 Å². The lowest BCUT2D eigenvalue weighted by Crippen LogP contribution is -2.27. The number of halogens is 4. The van der Waals surface area contributed by atoms with Crippen molar-refractivity contribution in [1.29, 1.82) is 0 Å². The molecule has 1 aromatic heterocycles. The molecule has 4 nitrogen and oxygen atoms in total. The summed E-state index contributed by atoms with van der Waals surface area (Å²) in [7, 11) is -1.84. The van der Waals surface area contributed by atoms with E-state index in [1.54, 1.807) is 24.5 Å². The molecule has 40 heavy (non-hydrogen) atoms. The average Bonchev–Trinajstić information content (AvgIpc) is 2.92. The first-order valence-corrected chi connectivity index (χ1v) is 17.5. The smallest absolute Gasteiger partial charge is 0.388 e. The van der Waals surface area contributed by atoms with Gasteiger partial charge in [0, 0.05) is 38.5 Å². The fraction of sp³-hybridized carbons (Fsp3) is 0.484. The predicted octanol–water partition coefficient (Wildman–Crippen LogP) is 9.73. The van der Waals surface area contributed by atoms with E-state index in [0.29, 0.717) is 30.4 Å². The van der Waals surface area contributed by atoms with E-state index in [9.17, 15) is 17.6 Å². The minimum atomic E-state index is -4.07. The van der Waals surface area contributed by atoms with Gasteiger partial charge in [0.05, 0.1) is 18.8 Å². The minimum absolute atomic E-state index is 0.277. The fourth-order valence-corrected chi connectivity index (χ4v) is 6.76. The molecule has 0 unspecified atom stereocenters. The number of rotatable bonds is 16. The van der Waals surface area contributed by atoms with Gasteiger partial charge in [-0.1, -0.05) is 63.9 Å². The van der Waals surface area contributed by atoms with Crippen molar-refractivity contribution in [2.24, 2.45) is 0 Å². The van der Waals surface area contributed by atoms with E-state index in [-0.39, 0.29) is 6.04 Å². The number of nitrogens with zero attached hydrogens (tertiary/aromatic N) is 2. The molecule has 0 amide bonds. The molecule has 2 aromatic carbocycles. The Balaban J connectivity index is 1.46. The second-order valence-electron chi connectivity index (χ2n) is 11.0. The molecule has 0 aliphatic rings. The molecule has 0 aliphatic carbocycles. The molecule has 0 bridgehead atoms. The van der Waals surface area contributed by atoms with E-state index >= 15 is 0 Å². The molecule has 1 heterocycles. The molecule has 0 spiro atoms. The predicted molar refractivity (Wildman–Crippen MR) is 155 cm³/mol. The van der Waals surface area contributed by atoms with E-state index < -0.39 is 26.5 Å². The van der Waals surface area contributed by atoms with Crippen LogP contribution in [0.1, 0.15) is 51.9 Å². The van der Waals surface area contributed by atoms with Crippen LogP contribution in [0, 0.1) is 5.82 Å². The van der Waals surface area contributed by atoms with Gasteiger partial charge in [0.1, 0.15) is 17.3 Å². The summed E-state index contributed by atoms with van der Waals surface area (Å²) in [5.74, 6) is 1.11. The van der Waals surface area contributed by atoms with Crippen LogP contribution in [0.5, 0.6) is 11.5 Å². The van der Waals surface area contributed by atoms with Gasteiger partial charge in [0.25, 0.3) is 0 Å². The van der Waals surface area contributed by atoms with Crippen LogP contribution in [0.2, 0.25) is 25.2 Å². The molecular weight excluding hydrogens is 536 g/mol. The molecule has 9 heteroatoms. The monoisotopic (exact) mass is 576 g/mol. The second kappa shape index (κ2) is 15.2. The summed E-state index contributed by atoms with van der Waals surface area (Å²) < 4.78 is 63.7. The third-order valence-electron chi connectivity index (χ3n) is 6.89. The van der Waals surface area contributed by atoms with Crippen molar-refractivity contribution in [3.05, 3.63) is 60.7 Å². The summed E-state index contributed by atoms with van der Waals surface area (Å²) in [6.07, 6.45) is 4.64. The summed E-state index contributed by atoms with van der Waals surface area (Å²) in [5, 5.41) is 0. The zero-order valence-electron chi connectivity index (χ0n) is 23.7. The van der Waals surface area contributed by atoms with Gasteiger partial charge in [-0.2, -0.15) is 13.2 Å². The molecule has 3 aromatic rings. The SMILES string of the molecule is CCCCCCOc1ccc(-c2ncc(-c3ccc(OCCCC[Si](C)(C)CCC(F)(F)F)cc3)cn2)c(F)c1. The van der Waals surface area contributed by atoms with Crippen molar-refractivity contribution in [3.63, 3.8) is 0 Å². The van der Waals surface area contributed by atoms with Crippen LogP contribution in [0.25, 0.3) is 22.5 Å². The van der Waals surface area contributed by atoms with E-state index in [4.69, 9.17) is 9.47 Å². The van der Waals surface area contributed by atoms with Gasteiger partial charge in [-0.3, -0.25) is 0 Å². The summed E-state index contributed by atoms with van der Waals surface area (Å²) in [6, 6.07) is 13.5. The summed E-state index contributed by atoms with van der Waals surface area (Å²) in [5.41, 5.74) is 2.03. The van der Waals surface area contributed by atoms with Crippen molar-refractivity contribution in [1.82, 2.24) is 9.97 Å². The van der Waals surface area contributed by atoms with Gasteiger partial charge < -0.3 is 9.47 Å². The molecule has 0 fully saturated rings. The van der Waals surface area contributed by atoms with Gasteiger partial charge in [-0.25, -0.2) is 14.4 Å². The van der Waals surface area contributed by atoms with Crippen LogP contribution >= 0.6 is 0 Å². The highest BCUT2D eigenvalue weighted by Crippen LogP contribution is 2.29. The topological polar surface area (TPSA) is 44.2 Å². The van der Waals surface area contributed by atoms with Gasteiger partial charge in [-0.15, -0.1) is 0 Å². The Hall–Kier alpha value is -2.94. The highest BCUT2D eigenvalue weighted by molar-refractivity contribution is 6.77. The molecule has 0 atom stereocenters. The Labute approximate surface area is 236 Å². The number of benzene rings is 2. The first kappa shape index (κ1) is 31.6. The largest absolute Gasteiger partial charge is 0.494 e. The second-order valence-corrected chi connectivity index (χ2v) is 16.3. The summed E-state index contributed by atoms with van der Waals surface area (Å²) >= 11 is 0. The minimum Gasteiger partial charge on any atom is -0.494 e. The van der Waals surface area contributed by atoms with Gasteiger partial charge in [0.2, 0.25) is 0 Å².